The van der Waals surface area contributed by atoms with Gasteiger partial charge < -0.3 is 9.64 Å². The summed E-state index contributed by atoms with van der Waals surface area (Å²) in [6.45, 7) is 5.84. The van der Waals surface area contributed by atoms with E-state index in [0.717, 1.165) is 24.5 Å². The van der Waals surface area contributed by atoms with Gasteiger partial charge in [0.15, 0.2) is 0 Å². The standard InChI is InChI=1S/C10H18N2O/c1-5-10-11-9(7-13-4)8(2)6-12(10)3/h5-7H2,1-4H3. The Morgan fingerprint density at radius 1 is 1.54 bits per heavy atom. The fraction of sp³-hybridized carbons (Fsp3) is 0.700. The summed E-state index contributed by atoms with van der Waals surface area (Å²) in [6.07, 6.45) is 0.983. The van der Waals surface area contributed by atoms with Gasteiger partial charge in [0, 0.05) is 27.1 Å². The third-order valence-electron chi connectivity index (χ3n) is 2.27. The summed E-state index contributed by atoms with van der Waals surface area (Å²) < 4.78 is 5.10. The van der Waals surface area contributed by atoms with E-state index in [-0.39, 0.29) is 0 Å². The van der Waals surface area contributed by atoms with Crippen LogP contribution in [0.4, 0.5) is 0 Å². The molecule has 0 aromatic heterocycles. The maximum absolute atomic E-state index is 5.10. The summed E-state index contributed by atoms with van der Waals surface area (Å²) in [5.74, 6) is 1.15. The van der Waals surface area contributed by atoms with Crippen molar-refractivity contribution in [3.63, 3.8) is 0 Å². The molecule has 0 aliphatic carbocycles. The molecule has 0 saturated carbocycles. The molecule has 3 nitrogen and oxygen atoms in total. The Morgan fingerprint density at radius 2 is 2.23 bits per heavy atom. The molecule has 0 fully saturated rings. The van der Waals surface area contributed by atoms with Crippen molar-refractivity contribution in [3.05, 3.63) is 11.3 Å². The SMILES string of the molecule is CCC1=NC(COC)=C(C)CN1C. The predicted octanol–water partition coefficient (Wildman–Crippen LogP) is 1.66. The van der Waals surface area contributed by atoms with E-state index in [9.17, 15) is 0 Å². The third kappa shape index (κ3) is 2.31. The molecule has 0 unspecified atom stereocenters. The number of likely N-dealkylation sites (N-methyl/N-ethyl adjacent to an activating group) is 1. The van der Waals surface area contributed by atoms with Crippen LogP contribution < -0.4 is 0 Å². The second kappa shape index (κ2) is 4.42. The van der Waals surface area contributed by atoms with Crippen LogP contribution in [0.5, 0.6) is 0 Å². The van der Waals surface area contributed by atoms with E-state index >= 15 is 0 Å². The molecule has 1 aliphatic heterocycles. The van der Waals surface area contributed by atoms with E-state index in [1.54, 1.807) is 7.11 Å². The van der Waals surface area contributed by atoms with E-state index < -0.39 is 0 Å². The number of nitrogens with zero attached hydrogens (tertiary/aromatic N) is 2. The second-order valence-corrected chi connectivity index (χ2v) is 3.40. The average Bonchev–Trinajstić information content (AvgIpc) is 2.10. The van der Waals surface area contributed by atoms with Crippen molar-refractivity contribution in [2.24, 2.45) is 4.99 Å². The molecule has 0 saturated heterocycles. The molecule has 1 aliphatic rings. The van der Waals surface area contributed by atoms with E-state index in [1.807, 2.05) is 0 Å². The van der Waals surface area contributed by atoms with Gasteiger partial charge in [-0.25, -0.2) is 4.99 Å². The largest absolute Gasteiger partial charge is 0.378 e. The normalized spacial score (nSPS) is 17.8. The number of methoxy groups -OCH3 is 1. The van der Waals surface area contributed by atoms with Gasteiger partial charge in [-0.05, 0) is 12.5 Å². The lowest BCUT2D eigenvalue weighted by molar-refractivity contribution is 0.222. The highest BCUT2D eigenvalue weighted by Crippen LogP contribution is 2.15. The van der Waals surface area contributed by atoms with Crippen LogP contribution in [0, 0.1) is 0 Å². The Bertz CT molecular complexity index is 243. The first-order chi connectivity index (χ1) is 6.19. The Morgan fingerprint density at radius 3 is 2.77 bits per heavy atom. The van der Waals surface area contributed by atoms with Crippen LogP contribution in [0.15, 0.2) is 16.3 Å². The zero-order valence-electron chi connectivity index (χ0n) is 8.92. The number of amidine groups is 1. The van der Waals surface area contributed by atoms with Crippen LogP contribution in [0.25, 0.3) is 0 Å². The minimum atomic E-state index is 0.628. The van der Waals surface area contributed by atoms with Gasteiger partial charge in [-0.1, -0.05) is 6.92 Å². The summed E-state index contributed by atoms with van der Waals surface area (Å²) in [5.41, 5.74) is 2.40. The molecular weight excluding hydrogens is 164 g/mol. The lowest BCUT2D eigenvalue weighted by Crippen LogP contribution is -2.31. The van der Waals surface area contributed by atoms with E-state index in [1.165, 1.54) is 5.57 Å². The zero-order chi connectivity index (χ0) is 9.84. The van der Waals surface area contributed by atoms with Crippen molar-refractivity contribution < 1.29 is 4.74 Å². The highest BCUT2D eigenvalue weighted by molar-refractivity contribution is 5.84. The summed E-state index contributed by atoms with van der Waals surface area (Å²) in [7, 11) is 3.79. The van der Waals surface area contributed by atoms with Gasteiger partial charge in [0.2, 0.25) is 0 Å². The summed E-state index contributed by atoms with van der Waals surface area (Å²) >= 11 is 0. The average molecular weight is 182 g/mol. The van der Waals surface area contributed by atoms with Crippen molar-refractivity contribution in [2.45, 2.75) is 20.3 Å². The van der Waals surface area contributed by atoms with Gasteiger partial charge in [0.25, 0.3) is 0 Å². The number of aliphatic imine (C=N–C) groups is 1. The van der Waals surface area contributed by atoms with Gasteiger partial charge in [-0.15, -0.1) is 0 Å². The Hall–Kier alpha value is -0.830. The highest BCUT2D eigenvalue weighted by Gasteiger charge is 2.14. The number of hydrogen-bond donors (Lipinski definition) is 0. The van der Waals surface area contributed by atoms with Crippen LogP contribution in [-0.4, -0.2) is 38.0 Å². The topological polar surface area (TPSA) is 24.8 Å². The van der Waals surface area contributed by atoms with Crippen LogP contribution in [0.3, 0.4) is 0 Å². The molecule has 74 valence electrons. The van der Waals surface area contributed by atoms with Crippen molar-refractivity contribution in [2.75, 3.05) is 27.3 Å². The summed E-state index contributed by atoms with van der Waals surface area (Å²) in [6, 6.07) is 0. The second-order valence-electron chi connectivity index (χ2n) is 3.40. The smallest absolute Gasteiger partial charge is 0.104 e. The van der Waals surface area contributed by atoms with Crippen molar-refractivity contribution in [1.82, 2.24) is 4.90 Å². The first kappa shape index (κ1) is 10.3. The molecule has 0 aromatic carbocycles. The van der Waals surface area contributed by atoms with Gasteiger partial charge in [0.05, 0.1) is 12.3 Å². The fourth-order valence-electron chi connectivity index (χ4n) is 1.52. The van der Waals surface area contributed by atoms with E-state index in [0.29, 0.717) is 6.61 Å². The Kier molecular flexibility index (Phi) is 3.48. The summed E-state index contributed by atoms with van der Waals surface area (Å²) in [5, 5.41) is 0. The number of rotatable bonds is 3. The van der Waals surface area contributed by atoms with Gasteiger partial charge in [-0.3, -0.25) is 0 Å². The molecule has 0 amide bonds. The van der Waals surface area contributed by atoms with Crippen LogP contribution in [-0.2, 0) is 4.74 Å². The van der Waals surface area contributed by atoms with Crippen molar-refractivity contribution >= 4 is 5.84 Å². The Labute approximate surface area is 80.1 Å². The predicted molar refractivity (Wildman–Crippen MR) is 54.9 cm³/mol. The molecule has 1 heterocycles. The number of hydrogen-bond acceptors (Lipinski definition) is 3. The van der Waals surface area contributed by atoms with Crippen LogP contribution in [0.1, 0.15) is 20.3 Å². The molecule has 0 bridgehead atoms. The van der Waals surface area contributed by atoms with E-state index in [2.05, 4.69) is 30.8 Å². The molecule has 13 heavy (non-hydrogen) atoms. The van der Waals surface area contributed by atoms with Gasteiger partial charge in [-0.2, -0.15) is 0 Å². The summed E-state index contributed by atoms with van der Waals surface area (Å²) in [4.78, 5) is 6.74. The number of ether oxygens (including phenoxy) is 1. The zero-order valence-corrected chi connectivity index (χ0v) is 8.92. The quantitative estimate of drug-likeness (QED) is 0.663. The Balaban J connectivity index is 2.82. The lowest BCUT2D eigenvalue weighted by Gasteiger charge is -2.26. The maximum Gasteiger partial charge on any atom is 0.104 e. The maximum atomic E-state index is 5.10. The van der Waals surface area contributed by atoms with E-state index in [4.69, 9.17) is 4.74 Å². The highest BCUT2D eigenvalue weighted by atomic mass is 16.5. The van der Waals surface area contributed by atoms with Gasteiger partial charge in [0.1, 0.15) is 5.84 Å². The van der Waals surface area contributed by atoms with Crippen molar-refractivity contribution in [1.29, 1.82) is 0 Å². The fourth-order valence-corrected chi connectivity index (χ4v) is 1.52. The first-order valence-corrected chi connectivity index (χ1v) is 4.65. The third-order valence-corrected chi connectivity index (χ3v) is 2.27. The molecular formula is C10H18N2O. The lowest BCUT2D eigenvalue weighted by atomic mass is 10.2. The van der Waals surface area contributed by atoms with Gasteiger partial charge >= 0.3 is 0 Å². The molecule has 3 heteroatoms. The molecule has 0 N–H and O–H groups in total. The minimum absolute atomic E-state index is 0.628. The molecule has 0 radical (unpaired) electrons. The molecule has 0 spiro atoms. The first-order valence-electron chi connectivity index (χ1n) is 4.65. The monoisotopic (exact) mass is 182 g/mol. The van der Waals surface area contributed by atoms with Crippen LogP contribution in [0.2, 0.25) is 0 Å². The minimum Gasteiger partial charge on any atom is -0.378 e. The molecule has 1 rings (SSSR count). The molecule has 0 atom stereocenters. The molecule has 0 aromatic rings. The van der Waals surface area contributed by atoms with Crippen LogP contribution >= 0.6 is 0 Å². The van der Waals surface area contributed by atoms with Crippen molar-refractivity contribution in [3.8, 4) is 0 Å².